The molecule has 0 aromatic heterocycles. The molecule has 0 aromatic rings. The van der Waals surface area contributed by atoms with Gasteiger partial charge in [-0.05, 0) is 44.9 Å². The Balaban J connectivity index is 1.94. The fraction of sp³-hybridized carbons (Fsp3) is 0.857. The molecule has 0 heterocycles. The van der Waals surface area contributed by atoms with E-state index in [4.69, 9.17) is 0 Å². The summed E-state index contributed by atoms with van der Waals surface area (Å²) in [4.78, 5) is 0. The zero-order valence-electron chi connectivity index (χ0n) is 14.2. The van der Waals surface area contributed by atoms with Gasteiger partial charge in [-0.15, -0.1) is 0 Å². The Morgan fingerprint density at radius 2 is 0.857 bits per heavy atom. The minimum atomic E-state index is 1.22. The second-order valence-electron chi connectivity index (χ2n) is 7.21. The molecule has 2 aliphatic carbocycles. The van der Waals surface area contributed by atoms with Crippen LogP contribution in [0.3, 0.4) is 0 Å². The third kappa shape index (κ3) is 7.52. The lowest BCUT2D eigenvalue weighted by atomic mass is 9.89. The summed E-state index contributed by atoms with van der Waals surface area (Å²) in [5.74, 6) is 0. The third-order valence-corrected chi connectivity index (χ3v) is 5.33. The Morgan fingerprint density at radius 1 is 0.429 bits per heavy atom. The molecule has 0 N–H and O–H groups in total. The van der Waals surface area contributed by atoms with Crippen LogP contribution in [0.15, 0.2) is 11.1 Å². The number of allylic oxidation sites excluding steroid dienone is 2. The van der Waals surface area contributed by atoms with Gasteiger partial charge in [0.2, 0.25) is 0 Å². The summed E-state index contributed by atoms with van der Waals surface area (Å²) in [5.41, 5.74) is 3.47. The van der Waals surface area contributed by atoms with Gasteiger partial charge in [-0.2, -0.15) is 0 Å². The van der Waals surface area contributed by atoms with E-state index in [0.29, 0.717) is 0 Å². The summed E-state index contributed by atoms with van der Waals surface area (Å²) >= 11 is 0. The van der Waals surface area contributed by atoms with Crippen LogP contribution in [0.5, 0.6) is 0 Å². The van der Waals surface area contributed by atoms with Gasteiger partial charge in [0, 0.05) is 6.42 Å². The normalized spacial score (nSPS) is 25.1. The average Bonchev–Trinajstić information content (AvgIpc) is 2.58. The van der Waals surface area contributed by atoms with Gasteiger partial charge in [0.1, 0.15) is 0 Å². The molecule has 0 spiro atoms. The standard InChI is InChI=1S/C21H36/c1-2-5-9-13-17-20(16-12-8-4-1)21-18-14-10-6-3-7-11-15-19-21/h1-16,18-19H2. The first kappa shape index (κ1) is 17.1. The minimum Gasteiger partial charge on any atom is -0.0704 e. The summed E-state index contributed by atoms with van der Waals surface area (Å²) in [6, 6.07) is 0. The van der Waals surface area contributed by atoms with Crippen molar-refractivity contribution in [3.8, 4) is 0 Å². The summed E-state index contributed by atoms with van der Waals surface area (Å²) in [6.45, 7) is 0. The molecule has 0 atom stereocenters. The highest BCUT2D eigenvalue weighted by Gasteiger charge is 2.10. The number of rotatable bonds is 0. The summed E-state index contributed by atoms with van der Waals surface area (Å²) in [5, 5.41) is 0. The molecule has 0 heteroatoms. The van der Waals surface area contributed by atoms with Gasteiger partial charge < -0.3 is 0 Å². The summed E-state index contributed by atoms with van der Waals surface area (Å²) in [6.07, 6.45) is 29.4. The fourth-order valence-corrected chi connectivity index (χ4v) is 3.93. The van der Waals surface area contributed by atoms with E-state index < -0.39 is 0 Å². The van der Waals surface area contributed by atoms with Crippen LogP contribution >= 0.6 is 0 Å². The molecule has 0 nitrogen and oxygen atoms in total. The molecule has 2 saturated carbocycles. The molecule has 0 bridgehead atoms. The Bertz CT molecular complexity index is 260. The molecule has 0 amide bonds. The van der Waals surface area contributed by atoms with E-state index in [1.807, 2.05) is 0 Å². The molecule has 0 saturated heterocycles. The van der Waals surface area contributed by atoms with Crippen LogP contribution in [-0.4, -0.2) is 0 Å². The van der Waals surface area contributed by atoms with Crippen molar-refractivity contribution in [2.24, 2.45) is 0 Å². The molecule has 2 aliphatic rings. The Morgan fingerprint density at radius 3 is 1.43 bits per heavy atom. The van der Waals surface area contributed by atoms with Gasteiger partial charge >= 0.3 is 0 Å². The molecular formula is C21H36. The van der Waals surface area contributed by atoms with E-state index in [1.165, 1.54) is 116 Å². The van der Waals surface area contributed by atoms with Crippen LogP contribution in [-0.2, 0) is 0 Å². The SMILES string of the molecule is [C]1CCCCCCCCCC1=C1CCCCCCCCC1. The van der Waals surface area contributed by atoms with Crippen LogP contribution in [0.2, 0.25) is 0 Å². The van der Waals surface area contributed by atoms with Gasteiger partial charge in [-0.1, -0.05) is 81.8 Å². The van der Waals surface area contributed by atoms with Gasteiger partial charge in [-0.3, -0.25) is 0 Å². The minimum absolute atomic E-state index is 1.22. The van der Waals surface area contributed by atoms with E-state index in [2.05, 4.69) is 6.42 Å². The zero-order valence-corrected chi connectivity index (χ0v) is 14.2. The maximum absolute atomic E-state index is 3.85. The maximum Gasteiger partial charge on any atom is 0.0119 e. The summed E-state index contributed by atoms with van der Waals surface area (Å²) in [7, 11) is 0. The van der Waals surface area contributed by atoms with Crippen LogP contribution < -0.4 is 0 Å². The molecule has 2 fully saturated rings. The van der Waals surface area contributed by atoms with Crippen molar-refractivity contribution < 1.29 is 0 Å². The van der Waals surface area contributed by atoms with E-state index in [0.717, 1.165) is 0 Å². The number of hydrogen-bond acceptors (Lipinski definition) is 0. The van der Waals surface area contributed by atoms with E-state index >= 15 is 0 Å². The van der Waals surface area contributed by atoms with Crippen molar-refractivity contribution in [3.05, 3.63) is 17.6 Å². The summed E-state index contributed by atoms with van der Waals surface area (Å²) < 4.78 is 0. The third-order valence-electron chi connectivity index (χ3n) is 5.33. The average molecular weight is 289 g/mol. The molecule has 0 unspecified atom stereocenters. The quantitative estimate of drug-likeness (QED) is 0.435. The molecule has 120 valence electrons. The van der Waals surface area contributed by atoms with Crippen molar-refractivity contribution in [3.63, 3.8) is 0 Å². The van der Waals surface area contributed by atoms with Crippen LogP contribution in [0.25, 0.3) is 0 Å². The van der Waals surface area contributed by atoms with Gasteiger partial charge in [0.15, 0.2) is 0 Å². The van der Waals surface area contributed by atoms with Crippen LogP contribution in [0, 0.1) is 6.42 Å². The van der Waals surface area contributed by atoms with E-state index in [-0.39, 0.29) is 0 Å². The van der Waals surface area contributed by atoms with Crippen LogP contribution in [0.1, 0.15) is 116 Å². The first-order valence-electron chi connectivity index (χ1n) is 9.91. The lowest BCUT2D eigenvalue weighted by molar-refractivity contribution is 0.546. The molecule has 0 aromatic carbocycles. The van der Waals surface area contributed by atoms with Crippen molar-refractivity contribution in [2.75, 3.05) is 0 Å². The number of hydrogen-bond donors (Lipinski definition) is 0. The smallest absolute Gasteiger partial charge is 0.0119 e. The van der Waals surface area contributed by atoms with Crippen molar-refractivity contribution >= 4 is 0 Å². The van der Waals surface area contributed by atoms with E-state index in [1.54, 1.807) is 11.1 Å². The highest BCUT2D eigenvalue weighted by atomic mass is 14.2. The lowest BCUT2D eigenvalue weighted by Crippen LogP contribution is -1.98. The van der Waals surface area contributed by atoms with Crippen LogP contribution in [0.4, 0.5) is 0 Å². The second kappa shape index (κ2) is 11.3. The molecule has 2 rings (SSSR count). The van der Waals surface area contributed by atoms with Gasteiger partial charge in [0.25, 0.3) is 0 Å². The van der Waals surface area contributed by atoms with Gasteiger partial charge in [0.05, 0.1) is 0 Å². The topological polar surface area (TPSA) is 0 Å². The van der Waals surface area contributed by atoms with Crippen molar-refractivity contribution in [1.29, 1.82) is 0 Å². The Hall–Kier alpha value is -0.260. The first-order chi connectivity index (χ1) is 10.5. The molecule has 0 aliphatic heterocycles. The monoisotopic (exact) mass is 288 g/mol. The zero-order chi connectivity index (χ0) is 14.6. The van der Waals surface area contributed by atoms with Crippen molar-refractivity contribution in [2.45, 2.75) is 116 Å². The first-order valence-corrected chi connectivity index (χ1v) is 9.91. The Labute approximate surface area is 133 Å². The highest BCUT2D eigenvalue weighted by Crippen LogP contribution is 2.29. The molecule has 2 radical (unpaired) electrons. The lowest BCUT2D eigenvalue weighted by Gasteiger charge is -2.17. The molecule has 21 heavy (non-hydrogen) atoms. The Kier molecular flexibility index (Phi) is 9.22. The second-order valence-corrected chi connectivity index (χ2v) is 7.21. The largest absolute Gasteiger partial charge is 0.0704 e. The fourth-order valence-electron chi connectivity index (χ4n) is 3.93. The van der Waals surface area contributed by atoms with E-state index in [9.17, 15) is 0 Å². The highest BCUT2D eigenvalue weighted by molar-refractivity contribution is 5.22. The molecular weight excluding hydrogens is 252 g/mol. The van der Waals surface area contributed by atoms with Gasteiger partial charge in [-0.25, -0.2) is 0 Å². The van der Waals surface area contributed by atoms with Crippen molar-refractivity contribution in [1.82, 2.24) is 0 Å². The predicted molar refractivity (Wildman–Crippen MR) is 93.4 cm³/mol. The maximum atomic E-state index is 3.85. The predicted octanol–water partition coefficient (Wildman–Crippen LogP) is 7.41.